The molecule has 0 aliphatic rings. The van der Waals surface area contributed by atoms with Crippen LogP contribution in [0.25, 0.3) is 0 Å². The minimum atomic E-state index is -0.665. The number of aliphatic hydroxyl groups excluding tert-OH is 2. The Morgan fingerprint density at radius 1 is 1.12 bits per heavy atom. The summed E-state index contributed by atoms with van der Waals surface area (Å²) in [5, 5.41) is 19.0. The lowest BCUT2D eigenvalue weighted by molar-refractivity contribution is 0.0989. The fourth-order valence-electron chi connectivity index (χ4n) is 2.06. The summed E-state index contributed by atoms with van der Waals surface area (Å²) in [5.41, 5.74) is 0.120. The van der Waals surface area contributed by atoms with Gasteiger partial charge in [-0.25, -0.2) is 4.39 Å². The van der Waals surface area contributed by atoms with Crippen LogP contribution in [0.15, 0.2) is 24.3 Å². The highest BCUT2D eigenvalue weighted by atomic mass is 19.1. The topological polar surface area (TPSA) is 40.5 Å². The van der Waals surface area contributed by atoms with E-state index >= 15 is 0 Å². The largest absolute Gasteiger partial charge is 0.395 e. The first-order valence-corrected chi connectivity index (χ1v) is 5.52. The van der Waals surface area contributed by atoms with Crippen LogP contribution in [-0.4, -0.2) is 23.4 Å². The van der Waals surface area contributed by atoms with Crippen LogP contribution in [0, 0.1) is 11.7 Å². The van der Waals surface area contributed by atoms with Gasteiger partial charge in [-0.3, -0.25) is 0 Å². The summed E-state index contributed by atoms with van der Waals surface area (Å²) in [4.78, 5) is 0. The van der Waals surface area contributed by atoms with Crippen molar-refractivity contribution in [3.05, 3.63) is 35.6 Å². The third kappa shape index (κ3) is 2.80. The van der Waals surface area contributed by atoms with Crippen LogP contribution in [0.2, 0.25) is 0 Å². The van der Waals surface area contributed by atoms with Gasteiger partial charge in [0.1, 0.15) is 5.82 Å². The van der Waals surface area contributed by atoms with Crippen molar-refractivity contribution in [2.45, 2.75) is 25.7 Å². The second-order valence-electron chi connectivity index (χ2n) is 4.70. The van der Waals surface area contributed by atoms with Gasteiger partial charge in [-0.1, -0.05) is 26.0 Å². The normalized spacial score (nSPS) is 12.1. The molecule has 0 aliphatic carbocycles. The quantitative estimate of drug-likeness (QED) is 0.807. The summed E-state index contributed by atoms with van der Waals surface area (Å²) in [6.07, 6.45) is 0.672. The van der Waals surface area contributed by atoms with Crippen molar-refractivity contribution >= 4 is 0 Å². The Morgan fingerprint density at radius 2 is 1.62 bits per heavy atom. The second kappa shape index (κ2) is 5.41. The highest BCUT2D eigenvalue weighted by Crippen LogP contribution is 2.30. The first kappa shape index (κ1) is 13.1. The van der Waals surface area contributed by atoms with Gasteiger partial charge in [0.25, 0.3) is 0 Å². The summed E-state index contributed by atoms with van der Waals surface area (Å²) >= 11 is 0. The minimum Gasteiger partial charge on any atom is -0.395 e. The van der Waals surface area contributed by atoms with Gasteiger partial charge in [0.2, 0.25) is 0 Å². The molecule has 0 atom stereocenters. The monoisotopic (exact) mass is 226 g/mol. The molecule has 1 aromatic rings. The van der Waals surface area contributed by atoms with Gasteiger partial charge < -0.3 is 10.2 Å². The third-order valence-electron chi connectivity index (χ3n) is 2.86. The number of rotatable bonds is 5. The van der Waals surface area contributed by atoms with Crippen LogP contribution in [0.5, 0.6) is 0 Å². The molecular weight excluding hydrogens is 207 g/mol. The van der Waals surface area contributed by atoms with Crippen LogP contribution in [0.3, 0.4) is 0 Å². The first-order chi connectivity index (χ1) is 7.54. The van der Waals surface area contributed by atoms with Crippen LogP contribution < -0.4 is 0 Å². The maximum absolute atomic E-state index is 12.8. The van der Waals surface area contributed by atoms with Gasteiger partial charge in [0.05, 0.1) is 13.2 Å². The average molecular weight is 226 g/mol. The Bertz CT molecular complexity index is 315. The van der Waals surface area contributed by atoms with Gasteiger partial charge in [0, 0.05) is 5.41 Å². The molecule has 1 rings (SSSR count). The molecule has 0 spiro atoms. The summed E-state index contributed by atoms with van der Waals surface area (Å²) < 4.78 is 12.8. The smallest absolute Gasteiger partial charge is 0.123 e. The van der Waals surface area contributed by atoms with E-state index in [2.05, 4.69) is 0 Å². The second-order valence-corrected chi connectivity index (χ2v) is 4.70. The molecule has 90 valence electrons. The maximum atomic E-state index is 12.8. The molecule has 16 heavy (non-hydrogen) atoms. The molecule has 0 saturated heterocycles. The zero-order chi connectivity index (χ0) is 12.2. The number of hydrogen-bond donors (Lipinski definition) is 2. The molecule has 0 heterocycles. The Morgan fingerprint density at radius 3 is 2.00 bits per heavy atom. The zero-order valence-electron chi connectivity index (χ0n) is 9.78. The minimum absolute atomic E-state index is 0.132. The van der Waals surface area contributed by atoms with Crippen molar-refractivity contribution in [2.24, 2.45) is 5.92 Å². The fourth-order valence-corrected chi connectivity index (χ4v) is 2.06. The zero-order valence-corrected chi connectivity index (χ0v) is 9.78. The number of aliphatic hydroxyl groups is 2. The van der Waals surface area contributed by atoms with E-state index in [1.807, 2.05) is 13.8 Å². The van der Waals surface area contributed by atoms with Gasteiger partial charge in [-0.2, -0.15) is 0 Å². The van der Waals surface area contributed by atoms with E-state index in [1.165, 1.54) is 12.1 Å². The molecular formula is C13H19FO2. The lowest BCUT2D eigenvalue weighted by Crippen LogP contribution is -2.36. The molecule has 0 radical (unpaired) electrons. The number of hydrogen-bond acceptors (Lipinski definition) is 2. The van der Waals surface area contributed by atoms with Crippen LogP contribution >= 0.6 is 0 Å². The standard InChI is InChI=1S/C13H19FO2/c1-10(2)7-13(8-15,9-16)11-3-5-12(14)6-4-11/h3-6,10,15-16H,7-9H2,1-2H3. The molecule has 3 heteroatoms. The molecule has 0 bridgehead atoms. The van der Waals surface area contributed by atoms with Crippen molar-refractivity contribution in [3.63, 3.8) is 0 Å². The van der Waals surface area contributed by atoms with E-state index in [9.17, 15) is 14.6 Å². The van der Waals surface area contributed by atoms with E-state index in [1.54, 1.807) is 12.1 Å². The average Bonchev–Trinajstić information content (AvgIpc) is 2.27. The Balaban J connectivity index is 3.04. The number of halogens is 1. The van der Waals surface area contributed by atoms with Gasteiger partial charge in [0.15, 0.2) is 0 Å². The van der Waals surface area contributed by atoms with Gasteiger partial charge >= 0.3 is 0 Å². The lowest BCUT2D eigenvalue weighted by Gasteiger charge is -2.32. The van der Waals surface area contributed by atoms with E-state index in [-0.39, 0.29) is 19.0 Å². The van der Waals surface area contributed by atoms with Crippen LogP contribution in [0.1, 0.15) is 25.8 Å². The molecule has 0 unspecified atom stereocenters. The molecule has 0 aliphatic heterocycles. The molecule has 0 aromatic heterocycles. The van der Waals surface area contributed by atoms with E-state index in [0.29, 0.717) is 12.3 Å². The van der Waals surface area contributed by atoms with Crippen molar-refractivity contribution in [1.29, 1.82) is 0 Å². The highest BCUT2D eigenvalue weighted by molar-refractivity contribution is 5.26. The fraction of sp³-hybridized carbons (Fsp3) is 0.538. The van der Waals surface area contributed by atoms with E-state index in [0.717, 1.165) is 5.56 Å². The molecule has 0 amide bonds. The number of benzene rings is 1. The Hall–Kier alpha value is -0.930. The third-order valence-corrected chi connectivity index (χ3v) is 2.86. The highest BCUT2D eigenvalue weighted by Gasteiger charge is 2.31. The molecule has 1 aromatic carbocycles. The molecule has 2 nitrogen and oxygen atoms in total. The van der Waals surface area contributed by atoms with Crippen LogP contribution in [-0.2, 0) is 5.41 Å². The van der Waals surface area contributed by atoms with Crippen molar-refractivity contribution in [1.82, 2.24) is 0 Å². The Kier molecular flexibility index (Phi) is 4.44. The predicted molar refractivity (Wildman–Crippen MR) is 61.7 cm³/mol. The summed E-state index contributed by atoms with van der Waals surface area (Å²) in [5.74, 6) is 0.0439. The summed E-state index contributed by atoms with van der Waals surface area (Å²) in [6.45, 7) is 3.80. The predicted octanol–water partition coefficient (Wildman–Crippen LogP) is 2.09. The van der Waals surface area contributed by atoms with E-state index < -0.39 is 5.41 Å². The molecule has 0 fully saturated rings. The van der Waals surface area contributed by atoms with Crippen molar-refractivity contribution in [2.75, 3.05) is 13.2 Å². The van der Waals surface area contributed by atoms with E-state index in [4.69, 9.17) is 0 Å². The lowest BCUT2D eigenvalue weighted by atomic mass is 9.75. The summed E-state index contributed by atoms with van der Waals surface area (Å²) in [6, 6.07) is 5.97. The first-order valence-electron chi connectivity index (χ1n) is 5.52. The van der Waals surface area contributed by atoms with Crippen LogP contribution in [0.4, 0.5) is 4.39 Å². The van der Waals surface area contributed by atoms with Crippen molar-refractivity contribution in [3.8, 4) is 0 Å². The van der Waals surface area contributed by atoms with Gasteiger partial charge in [-0.05, 0) is 30.0 Å². The maximum Gasteiger partial charge on any atom is 0.123 e. The Labute approximate surface area is 95.7 Å². The SMILES string of the molecule is CC(C)CC(CO)(CO)c1ccc(F)cc1. The van der Waals surface area contributed by atoms with Crippen molar-refractivity contribution < 1.29 is 14.6 Å². The molecule has 2 N–H and O–H groups in total. The summed E-state index contributed by atoms with van der Waals surface area (Å²) in [7, 11) is 0. The molecule has 0 saturated carbocycles. The van der Waals surface area contributed by atoms with Gasteiger partial charge in [-0.15, -0.1) is 0 Å².